The Hall–Kier alpha value is -0.0800. The van der Waals surface area contributed by atoms with Crippen LogP contribution in [0.4, 0.5) is 0 Å². The second kappa shape index (κ2) is 4.07. The Bertz CT molecular complexity index is 112. The molecule has 0 spiro atoms. The molecule has 11 heavy (non-hydrogen) atoms. The van der Waals surface area contributed by atoms with E-state index in [0.717, 1.165) is 12.5 Å². The van der Waals surface area contributed by atoms with Crippen LogP contribution in [0.2, 0.25) is 0 Å². The Kier molecular flexibility index (Phi) is 3.34. The van der Waals surface area contributed by atoms with Crippen LogP contribution in [0.25, 0.3) is 0 Å². The average Bonchev–Trinajstić information content (AvgIpc) is 2.34. The number of hydrogen-bond donors (Lipinski definition) is 2. The molecule has 0 aliphatic heterocycles. The van der Waals surface area contributed by atoms with E-state index in [1.165, 1.54) is 19.3 Å². The molecule has 2 heteroatoms. The van der Waals surface area contributed by atoms with Crippen LogP contribution < -0.4 is 11.1 Å². The summed E-state index contributed by atoms with van der Waals surface area (Å²) in [7, 11) is 0. The SMILES string of the molecule is CC(C)NC1CCCC1CN. The number of nitrogens with one attached hydrogen (secondary N) is 1. The molecular weight excluding hydrogens is 136 g/mol. The lowest BCUT2D eigenvalue weighted by atomic mass is 10.0. The molecular formula is C9H20N2. The van der Waals surface area contributed by atoms with E-state index in [-0.39, 0.29) is 0 Å². The third-order valence-corrected chi connectivity index (χ3v) is 2.51. The van der Waals surface area contributed by atoms with Crippen molar-refractivity contribution in [1.82, 2.24) is 5.32 Å². The molecule has 2 atom stereocenters. The summed E-state index contributed by atoms with van der Waals surface area (Å²) in [5, 5.41) is 3.56. The summed E-state index contributed by atoms with van der Waals surface area (Å²) in [6, 6.07) is 1.30. The maximum atomic E-state index is 5.66. The van der Waals surface area contributed by atoms with E-state index >= 15 is 0 Å². The fourth-order valence-electron chi connectivity index (χ4n) is 1.97. The van der Waals surface area contributed by atoms with Gasteiger partial charge in [-0.2, -0.15) is 0 Å². The number of hydrogen-bond acceptors (Lipinski definition) is 2. The van der Waals surface area contributed by atoms with E-state index in [4.69, 9.17) is 5.73 Å². The van der Waals surface area contributed by atoms with Crippen LogP contribution in [-0.2, 0) is 0 Å². The zero-order valence-corrected chi connectivity index (χ0v) is 7.64. The van der Waals surface area contributed by atoms with E-state index in [0.29, 0.717) is 12.1 Å². The standard InChI is InChI=1S/C9H20N2/c1-7(2)11-9-5-3-4-8(9)6-10/h7-9,11H,3-6,10H2,1-2H3. The van der Waals surface area contributed by atoms with Gasteiger partial charge >= 0.3 is 0 Å². The van der Waals surface area contributed by atoms with Gasteiger partial charge in [0.25, 0.3) is 0 Å². The van der Waals surface area contributed by atoms with Crippen molar-refractivity contribution >= 4 is 0 Å². The number of rotatable bonds is 3. The predicted octanol–water partition coefficient (Wildman–Crippen LogP) is 1.11. The Morgan fingerprint density at radius 1 is 1.45 bits per heavy atom. The largest absolute Gasteiger partial charge is 0.330 e. The topological polar surface area (TPSA) is 38.0 Å². The molecule has 0 heterocycles. The fourth-order valence-corrected chi connectivity index (χ4v) is 1.97. The third-order valence-electron chi connectivity index (χ3n) is 2.51. The zero-order valence-electron chi connectivity index (χ0n) is 7.64. The maximum absolute atomic E-state index is 5.66. The van der Waals surface area contributed by atoms with Crippen molar-refractivity contribution in [1.29, 1.82) is 0 Å². The van der Waals surface area contributed by atoms with E-state index in [1.807, 2.05) is 0 Å². The zero-order chi connectivity index (χ0) is 8.27. The van der Waals surface area contributed by atoms with Gasteiger partial charge in [-0.15, -0.1) is 0 Å². The summed E-state index contributed by atoms with van der Waals surface area (Å²) < 4.78 is 0. The van der Waals surface area contributed by atoms with Crippen LogP contribution in [0.15, 0.2) is 0 Å². The van der Waals surface area contributed by atoms with Gasteiger partial charge in [-0.1, -0.05) is 20.3 Å². The first-order valence-corrected chi connectivity index (χ1v) is 4.70. The Morgan fingerprint density at radius 3 is 2.73 bits per heavy atom. The normalized spacial score (nSPS) is 31.6. The molecule has 2 unspecified atom stereocenters. The third kappa shape index (κ3) is 2.46. The molecule has 0 aromatic heterocycles. The maximum Gasteiger partial charge on any atom is 0.0110 e. The van der Waals surface area contributed by atoms with Crippen molar-refractivity contribution in [3.63, 3.8) is 0 Å². The molecule has 0 amide bonds. The molecule has 2 nitrogen and oxygen atoms in total. The van der Waals surface area contributed by atoms with E-state index in [1.54, 1.807) is 0 Å². The smallest absolute Gasteiger partial charge is 0.0110 e. The first-order valence-electron chi connectivity index (χ1n) is 4.70. The molecule has 1 aliphatic carbocycles. The van der Waals surface area contributed by atoms with Crippen molar-refractivity contribution in [3.8, 4) is 0 Å². The summed E-state index contributed by atoms with van der Waals surface area (Å²) in [4.78, 5) is 0. The van der Waals surface area contributed by atoms with E-state index < -0.39 is 0 Å². The summed E-state index contributed by atoms with van der Waals surface area (Å²) in [6.07, 6.45) is 3.99. The molecule has 0 radical (unpaired) electrons. The predicted molar refractivity (Wildman–Crippen MR) is 48.5 cm³/mol. The van der Waals surface area contributed by atoms with Crippen molar-refractivity contribution in [3.05, 3.63) is 0 Å². The second-order valence-corrected chi connectivity index (χ2v) is 3.85. The van der Waals surface area contributed by atoms with Gasteiger partial charge in [0, 0.05) is 12.1 Å². The lowest BCUT2D eigenvalue weighted by Crippen LogP contribution is -2.39. The minimum absolute atomic E-state index is 0.604. The van der Waals surface area contributed by atoms with Crippen LogP contribution in [-0.4, -0.2) is 18.6 Å². The average molecular weight is 156 g/mol. The lowest BCUT2D eigenvalue weighted by Gasteiger charge is -2.21. The van der Waals surface area contributed by atoms with Gasteiger partial charge in [0.05, 0.1) is 0 Å². The van der Waals surface area contributed by atoms with Gasteiger partial charge in [-0.05, 0) is 25.3 Å². The Morgan fingerprint density at radius 2 is 2.18 bits per heavy atom. The monoisotopic (exact) mass is 156 g/mol. The summed E-state index contributed by atoms with van der Waals surface area (Å²) >= 11 is 0. The molecule has 1 fully saturated rings. The van der Waals surface area contributed by atoms with Gasteiger partial charge in [-0.25, -0.2) is 0 Å². The van der Waals surface area contributed by atoms with Gasteiger partial charge in [0.2, 0.25) is 0 Å². The van der Waals surface area contributed by atoms with Gasteiger partial charge in [0.1, 0.15) is 0 Å². The summed E-state index contributed by atoms with van der Waals surface area (Å²) in [6.45, 7) is 5.25. The quantitative estimate of drug-likeness (QED) is 0.642. The first kappa shape index (κ1) is 9.01. The highest BCUT2D eigenvalue weighted by atomic mass is 15.0. The summed E-state index contributed by atoms with van der Waals surface area (Å²) in [5.41, 5.74) is 5.66. The lowest BCUT2D eigenvalue weighted by molar-refractivity contribution is 0.380. The van der Waals surface area contributed by atoms with E-state index in [2.05, 4.69) is 19.2 Å². The van der Waals surface area contributed by atoms with Crippen LogP contribution >= 0.6 is 0 Å². The van der Waals surface area contributed by atoms with Gasteiger partial charge in [0.15, 0.2) is 0 Å². The molecule has 1 aliphatic rings. The molecule has 0 saturated heterocycles. The highest BCUT2D eigenvalue weighted by Gasteiger charge is 2.25. The van der Waals surface area contributed by atoms with Crippen LogP contribution in [0.1, 0.15) is 33.1 Å². The number of nitrogens with two attached hydrogens (primary N) is 1. The minimum atomic E-state index is 0.604. The van der Waals surface area contributed by atoms with Crippen LogP contribution in [0.3, 0.4) is 0 Å². The van der Waals surface area contributed by atoms with Crippen molar-refractivity contribution in [2.45, 2.75) is 45.2 Å². The molecule has 1 rings (SSSR count). The van der Waals surface area contributed by atoms with Crippen molar-refractivity contribution in [2.75, 3.05) is 6.54 Å². The Balaban J connectivity index is 2.31. The Labute approximate surface area is 69.5 Å². The first-order chi connectivity index (χ1) is 5.24. The minimum Gasteiger partial charge on any atom is -0.330 e. The van der Waals surface area contributed by atoms with Crippen LogP contribution in [0.5, 0.6) is 0 Å². The highest BCUT2D eigenvalue weighted by molar-refractivity contribution is 4.84. The summed E-state index contributed by atoms with van der Waals surface area (Å²) in [5.74, 6) is 0.734. The molecule has 0 aromatic carbocycles. The second-order valence-electron chi connectivity index (χ2n) is 3.85. The molecule has 0 bridgehead atoms. The molecule has 3 N–H and O–H groups in total. The molecule has 0 aromatic rings. The molecule has 66 valence electrons. The highest BCUT2D eigenvalue weighted by Crippen LogP contribution is 2.24. The van der Waals surface area contributed by atoms with Gasteiger partial charge in [-0.3, -0.25) is 0 Å². The van der Waals surface area contributed by atoms with E-state index in [9.17, 15) is 0 Å². The van der Waals surface area contributed by atoms with Gasteiger partial charge < -0.3 is 11.1 Å². The van der Waals surface area contributed by atoms with Crippen LogP contribution in [0, 0.1) is 5.92 Å². The molecule has 1 saturated carbocycles. The van der Waals surface area contributed by atoms with Crippen molar-refractivity contribution < 1.29 is 0 Å². The van der Waals surface area contributed by atoms with Crippen molar-refractivity contribution in [2.24, 2.45) is 11.7 Å². The fraction of sp³-hybridized carbons (Fsp3) is 1.00.